The zero-order chi connectivity index (χ0) is 13.4. The maximum absolute atomic E-state index is 3.61. The largest absolute Gasteiger partial charge is 0.314 e. The fourth-order valence-electron chi connectivity index (χ4n) is 3.17. The molecule has 0 aromatic heterocycles. The van der Waals surface area contributed by atoms with Gasteiger partial charge < -0.3 is 10.2 Å². The van der Waals surface area contributed by atoms with Gasteiger partial charge in [-0.1, -0.05) is 40.5 Å². The fraction of sp³-hybridized carbons (Fsp3) is 1.00. The molecule has 1 aliphatic rings. The average Bonchev–Trinajstić information content (AvgIpc) is 2.36. The molecule has 0 spiro atoms. The predicted octanol–water partition coefficient (Wildman–Crippen LogP) is 3.67. The molecule has 0 aromatic carbocycles. The molecule has 2 heteroatoms. The Labute approximate surface area is 115 Å². The van der Waals surface area contributed by atoms with Crippen molar-refractivity contribution in [2.24, 2.45) is 5.92 Å². The van der Waals surface area contributed by atoms with Crippen molar-refractivity contribution in [3.63, 3.8) is 0 Å². The molecular weight excluding hydrogens is 220 g/mol. The van der Waals surface area contributed by atoms with E-state index in [1.807, 2.05) is 0 Å². The molecule has 1 atom stereocenters. The summed E-state index contributed by atoms with van der Waals surface area (Å²) in [6, 6.07) is 1.48. The summed E-state index contributed by atoms with van der Waals surface area (Å²) in [6.07, 6.45) is 8.25. The zero-order valence-electron chi connectivity index (χ0n) is 13.0. The Kier molecular flexibility index (Phi) is 7.92. The van der Waals surface area contributed by atoms with Crippen molar-refractivity contribution in [3.05, 3.63) is 0 Å². The summed E-state index contributed by atoms with van der Waals surface area (Å²) in [7, 11) is 0. The van der Waals surface area contributed by atoms with E-state index < -0.39 is 0 Å². The minimum Gasteiger partial charge on any atom is -0.314 e. The second-order valence-electron chi connectivity index (χ2n) is 6.30. The van der Waals surface area contributed by atoms with E-state index in [4.69, 9.17) is 0 Å². The molecule has 1 heterocycles. The number of likely N-dealkylation sites (tertiary alicyclic amines) is 1. The molecule has 2 nitrogen and oxygen atoms in total. The van der Waals surface area contributed by atoms with Crippen LogP contribution in [0.15, 0.2) is 0 Å². The molecule has 108 valence electrons. The minimum absolute atomic E-state index is 0.627. The first-order chi connectivity index (χ1) is 8.67. The number of piperidine rings is 1. The lowest BCUT2D eigenvalue weighted by molar-refractivity contribution is 0.109. The number of nitrogens with one attached hydrogen (secondary N) is 1. The van der Waals surface area contributed by atoms with Crippen molar-refractivity contribution in [3.8, 4) is 0 Å². The predicted molar refractivity (Wildman–Crippen MR) is 81.0 cm³/mol. The molecule has 0 bridgehead atoms. The Balaban J connectivity index is 2.39. The first kappa shape index (κ1) is 16.0. The molecule has 1 fully saturated rings. The van der Waals surface area contributed by atoms with Gasteiger partial charge in [-0.3, -0.25) is 0 Å². The first-order valence-corrected chi connectivity index (χ1v) is 8.14. The Morgan fingerprint density at radius 2 is 1.83 bits per heavy atom. The smallest absolute Gasteiger partial charge is 0.00951 e. The fourth-order valence-corrected chi connectivity index (χ4v) is 3.17. The van der Waals surface area contributed by atoms with E-state index in [9.17, 15) is 0 Å². The summed E-state index contributed by atoms with van der Waals surface area (Å²) in [5.74, 6) is 0.873. The van der Waals surface area contributed by atoms with Crippen LogP contribution in [0, 0.1) is 5.92 Å². The monoisotopic (exact) mass is 254 g/mol. The van der Waals surface area contributed by atoms with Crippen LogP contribution < -0.4 is 5.32 Å². The molecule has 1 unspecified atom stereocenters. The molecule has 1 rings (SSSR count). The van der Waals surface area contributed by atoms with Gasteiger partial charge >= 0.3 is 0 Å². The number of hydrogen-bond acceptors (Lipinski definition) is 2. The molecular formula is C16H34N2. The van der Waals surface area contributed by atoms with E-state index in [-0.39, 0.29) is 0 Å². The van der Waals surface area contributed by atoms with E-state index in [0.29, 0.717) is 6.04 Å². The highest BCUT2D eigenvalue weighted by Gasteiger charge is 2.24. The number of rotatable bonds is 8. The van der Waals surface area contributed by atoms with Crippen LogP contribution in [0.5, 0.6) is 0 Å². The number of hydrogen-bond donors (Lipinski definition) is 1. The third-order valence-electron chi connectivity index (χ3n) is 4.13. The standard InChI is InChI=1S/C16H34N2/c1-5-8-16(9-6-2)18-11-7-10-15(13-18)12-17-14(3)4/h14-17H,5-13H2,1-4H3. The van der Waals surface area contributed by atoms with E-state index >= 15 is 0 Å². The highest BCUT2D eigenvalue weighted by Crippen LogP contribution is 2.22. The zero-order valence-corrected chi connectivity index (χ0v) is 13.0. The van der Waals surface area contributed by atoms with Crippen molar-refractivity contribution in [1.82, 2.24) is 10.2 Å². The van der Waals surface area contributed by atoms with Gasteiger partial charge in [0.2, 0.25) is 0 Å². The minimum atomic E-state index is 0.627. The average molecular weight is 254 g/mol. The molecule has 0 radical (unpaired) electrons. The molecule has 0 aliphatic carbocycles. The van der Waals surface area contributed by atoms with E-state index in [1.165, 1.54) is 58.2 Å². The van der Waals surface area contributed by atoms with E-state index in [0.717, 1.165) is 12.0 Å². The second-order valence-corrected chi connectivity index (χ2v) is 6.30. The highest BCUT2D eigenvalue weighted by molar-refractivity contribution is 4.80. The van der Waals surface area contributed by atoms with E-state index in [1.54, 1.807) is 0 Å². The molecule has 18 heavy (non-hydrogen) atoms. The Bertz CT molecular complexity index is 197. The Morgan fingerprint density at radius 3 is 2.39 bits per heavy atom. The van der Waals surface area contributed by atoms with Crippen LogP contribution in [0.2, 0.25) is 0 Å². The quantitative estimate of drug-likeness (QED) is 0.711. The van der Waals surface area contributed by atoms with Crippen molar-refractivity contribution in [1.29, 1.82) is 0 Å². The summed E-state index contributed by atoms with van der Waals surface area (Å²) in [5, 5.41) is 3.61. The van der Waals surface area contributed by atoms with Crippen LogP contribution in [0.4, 0.5) is 0 Å². The number of nitrogens with zero attached hydrogens (tertiary/aromatic N) is 1. The first-order valence-electron chi connectivity index (χ1n) is 8.14. The normalized spacial score (nSPS) is 22.0. The highest BCUT2D eigenvalue weighted by atomic mass is 15.2. The second kappa shape index (κ2) is 8.92. The molecule has 1 N–H and O–H groups in total. The van der Waals surface area contributed by atoms with Crippen LogP contribution in [-0.2, 0) is 0 Å². The summed E-state index contributed by atoms with van der Waals surface area (Å²) in [5.41, 5.74) is 0. The van der Waals surface area contributed by atoms with Crippen LogP contribution in [0.3, 0.4) is 0 Å². The Morgan fingerprint density at radius 1 is 1.17 bits per heavy atom. The molecule has 1 aliphatic heterocycles. The van der Waals surface area contributed by atoms with Crippen molar-refractivity contribution in [2.75, 3.05) is 19.6 Å². The van der Waals surface area contributed by atoms with Gasteiger partial charge in [-0.2, -0.15) is 0 Å². The van der Waals surface area contributed by atoms with Gasteiger partial charge in [0.25, 0.3) is 0 Å². The lowest BCUT2D eigenvalue weighted by Crippen LogP contribution is -2.45. The van der Waals surface area contributed by atoms with Gasteiger partial charge in [-0.15, -0.1) is 0 Å². The van der Waals surface area contributed by atoms with Crippen LogP contribution in [-0.4, -0.2) is 36.6 Å². The van der Waals surface area contributed by atoms with E-state index in [2.05, 4.69) is 37.9 Å². The molecule has 0 aromatic rings. The van der Waals surface area contributed by atoms with Crippen molar-refractivity contribution >= 4 is 0 Å². The van der Waals surface area contributed by atoms with Gasteiger partial charge in [-0.25, -0.2) is 0 Å². The lowest BCUT2D eigenvalue weighted by atomic mass is 9.94. The maximum atomic E-state index is 3.61. The van der Waals surface area contributed by atoms with Gasteiger partial charge in [0, 0.05) is 18.6 Å². The van der Waals surface area contributed by atoms with Gasteiger partial charge in [0.15, 0.2) is 0 Å². The third kappa shape index (κ3) is 5.71. The van der Waals surface area contributed by atoms with Gasteiger partial charge in [0.1, 0.15) is 0 Å². The van der Waals surface area contributed by atoms with Crippen LogP contribution in [0.1, 0.15) is 66.2 Å². The maximum Gasteiger partial charge on any atom is 0.00951 e. The summed E-state index contributed by atoms with van der Waals surface area (Å²) >= 11 is 0. The molecule has 0 saturated carbocycles. The van der Waals surface area contributed by atoms with Crippen molar-refractivity contribution < 1.29 is 0 Å². The summed E-state index contributed by atoms with van der Waals surface area (Å²) in [6.45, 7) is 13.0. The summed E-state index contributed by atoms with van der Waals surface area (Å²) < 4.78 is 0. The van der Waals surface area contributed by atoms with Gasteiger partial charge in [0.05, 0.1) is 0 Å². The molecule has 0 amide bonds. The topological polar surface area (TPSA) is 15.3 Å². The van der Waals surface area contributed by atoms with Crippen LogP contribution >= 0.6 is 0 Å². The SMILES string of the molecule is CCCC(CCC)N1CCCC(CNC(C)C)C1. The third-order valence-corrected chi connectivity index (χ3v) is 4.13. The molecule has 1 saturated heterocycles. The summed E-state index contributed by atoms with van der Waals surface area (Å²) in [4.78, 5) is 2.78. The Hall–Kier alpha value is -0.0800. The van der Waals surface area contributed by atoms with Crippen molar-refractivity contribution in [2.45, 2.75) is 78.3 Å². The van der Waals surface area contributed by atoms with Gasteiger partial charge in [-0.05, 0) is 44.7 Å². The van der Waals surface area contributed by atoms with Crippen LogP contribution in [0.25, 0.3) is 0 Å². The lowest BCUT2D eigenvalue weighted by Gasteiger charge is -2.38.